The van der Waals surface area contributed by atoms with Crippen molar-refractivity contribution in [2.24, 2.45) is 0 Å². The molecule has 2 rings (SSSR count). The zero-order valence-corrected chi connectivity index (χ0v) is 6.67. The summed E-state index contributed by atoms with van der Waals surface area (Å²) in [7, 11) is 0. The Bertz CT molecular complexity index is 525. The third-order valence-corrected chi connectivity index (χ3v) is 1.74. The van der Waals surface area contributed by atoms with Crippen molar-refractivity contribution in [3.05, 3.63) is 28.9 Å². The third-order valence-electron chi connectivity index (χ3n) is 1.74. The van der Waals surface area contributed by atoms with Crippen molar-refractivity contribution >= 4 is 11.0 Å². The number of aromatic amines is 1. The number of alkyl halides is 3. The van der Waals surface area contributed by atoms with Gasteiger partial charge in [-0.05, 0) is 6.07 Å². The molecule has 0 bridgehead atoms. The number of aromatic nitrogens is 3. The summed E-state index contributed by atoms with van der Waals surface area (Å²) in [6, 6.07) is 1.23. The maximum absolute atomic E-state index is 12.3. The number of rotatable bonds is 0. The van der Waals surface area contributed by atoms with Crippen molar-refractivity contribution < 1.29 is 13.2 Å². The molecule has 0 saturated carbocycles. The molecule has 2 heterocycles. The first-order valence-electron chi connectivity index (χ1n) is 3.62. The second kappa shape index (κ2) is 2.60. The first kappa shape index (κ1) is 8.79. The number of hydrogen-bond acceptors (Lipinski definition) is 2. The minimum atomic E-state index is -4.54. The molecule has 74 valence electrons. The van der Waals surface area contributed by atoms with Crippen LogP contribution in [-0.4, -0.2) is 14.5 Å². The Morgan fingerprint density at radius 1 is 1.43 bits per heavy atom. The van der Waals surface area contributed by atoms with Gasteiger partial charge in [-0.3, -0.25) is 4.98 Å². The van der Waals surface area contributed by atoms with Gasteiger partial charge in [0.1, 0.15) is 5.65 Å². The maximum atomic E-state index is 12.3. The van der Waals surface area contributed by atoms with Gasteiger partial charge in [-0.1, -0.05) is 0 Å². The van der Waals surface area contributed by atoms with Gasteiger partial charge < -0.3 is 0 Å². The van der Waals surface area contributed by atoms with Gasteiger partial charge in [0, 0.05) is 17.8 Å². The highest BCUT2D eigenvalue weighted by atomic mass is 19.4. The molecule has 1 N–H and O–H groups in total. The molecule has 14 heavy (non-hydrogen) atoms. The standard InChI is InChI=1S/C7H4F3N3O/c8-7(9,10)13-2-1-4-3-11-6(14)12-5(4)13/h1-3H,(H,11,12,14). The minimum absolute atomic E-state index is 0.0331. The molecule has 0 spiro atoms. The van der Waals surface area contributed by atoms with Gasteiger partial charge in [-0.25, -0.2) is 14.3 Å². The van der Waals surface area contributed by atoms with E-state index < -0.39 is 12.0 Å². The Labute approximate surface area is 75.0 Å². The molecule has 0 aliphatic heterocycles. The van der Waals surface area contributed by atoms with Crippen LogP contribution < -0.4 is 5.69 Å². The van der Waals surface area contributed by atoms with E-state index in [2.05, 4.69) is 4.98 Å². The van der Waals surface area contributed by atoms with Crippen molar-refractivity contribution in [3.63, 3.8) is 0 Å². The average Bonchev–Trinajstić information content (AvgIpc) is 2.45. The molecule has 0 amide bonds. The quantitative estimate of drug-likeness (QED) is 0.699. The van der Waals surface area contributed by atoms with E-state index in [1.807, 2.05) is 4.98 Å². The van der Waals surface area contributed by atoms with Crippen molar-refractivity contribution in [2.45, 2.75) is 6.30 Å². The van der Waals surface area contributed by atoms with Gasteiger partial charge in [0.2, 0.25) is 0 Å². The Morgan fingerprint density at radius 2 is 2.14 bits per heavy atom. The van der Waals surface area contributed by atoms with Gasteiger partial charge in [-0.2, -0.15) is 0 Å². The number of hydrogen-bond donors (Lipinski definition) is 1. The van der Waals surface area contributed by atoms with Crippen molar-refractivity contribution in [1.29, 1.82) is 0 Å². The topological polar surface area (TPSA) is 50.7 Å². The van der Waals surface area contributed by atoms with E-state index in [1.54, 1.807) is 0 Å². The summed E-state index contributed by atoms with van der Waals surface area (Å²) in [6.45, 7) is 0. The lowest BCUT2D eigenvalue weighted by atomic mass is 10.4. The van der Waals surface area contributed by atoms with E-state index in [1.165, 1.54) is 6.07 Å². The molecule has 0 saturated heterocycles. The van der Waals surface area contributed by atoms with Gasteiger partial charge >= 0.3 is 12.0 Å². The Balaban J connectivity index is 2.80. The summed E-state index contributed by atoms with van der Waals surface area (Å²) in [4.78, 5) is 16.0. The molecule has 2 aromatic heterocycles. The van der Waals surface area contributed by atoms with E-state index in [0.717, 1.165) is 12.4 Å². The zero-order valence-electron chi connectivity index (χ0n) is 6.67. The number of halogens is 3. The van der Waals surface area contributed by atoms with Crippen LogP contribution in [0.15, 0.2) is 23.3 Å². The molecule has 7 heteroatoms. The van der Waals surface area contributed by atoms with Crippen LogP contribution in [-0.2, 0) is 6.30 Å². The number of fused-ring (bicyclic) bond motifs is 1. The molecule has 0 aromatic carbocycles. The minimum Gasteiger partial charge on any atom is -0.291 e. The molecule has 0 radical (unpaired) electrons. The largest absolute Gasteiger partial charge is 0.490 e. The summed E-state index contributed by atoms with van der Waals surface area (Å²) in [5.74, 6) is 0. The van der Waals surface area contributed by atoms with Gasteiger partial charge in [0.05, 0.1) is 0 Å². The second-order valence-corrected chi connectivity index (χ2v) is 2.65. The highest BCUT2D eigenvalue weighted by molar-refractivity contribution is 5.74. The Hall–Kier alpha value is -1.79. The van der Waals surface area contributed by atoms with Crippen molar-refractivity contribution in [2.75, 3.05) is 0 Å². The normalized spacial score (nSPS) is 12.2. The van der Waals surface area contributed by atoms with E-state index in [-0.39, 0.29) is 15.6 Å². The second-order valence-electron chi connectivity index (χ2n) is 2.65. The van der Waals surface area contributed by atoms with Crippen molar-refractivity contribution in [1.82, 2.24) is 14.5 Å². The predicted molar refractivity (Wildman–Crippen MR) is 41.7 cm³/mol. The zero-order chi connectivity index (χ0) is 10.3. The first-order valence-corrected chi connectivity index (χ1v) is 3.62. The first-order chi connectivity index (χ1) is 6.48. The van der Waals surface area contributed by atoms with Crippen LogP contribution in [0.4, 0.5) is 13.2 Å². The monoisotopic (exact) mass is 203 g/mol. The fraction of sp³-hybridized carbons (Fsp3) is 0.143. The van der Waals surface area contributed by atoms with Crippen LogP contribution in [0, 0.1) is 0 Å². The van der Waals surface area contributed by atoms with Crippen molar-refractivity contribution in [3.8, 4) is 0 Å². The molecule has 2 aromatic rings. The number of nitrogens with zero attached hydrogens (tertiary/aromatic N) is 2. The van der Waals surface area contributed by atoms with Crippen LogP contribution >= 0.6 is 0 Å². The fourth-order valence-corrected chi connectivity index (χ4v) is 1.16. The van der Waals surface area contributed by atoms with E-state index in [9.17, 15) is 18.0 Å². The van der Waals surface area contributed by atoms with E-state index in [0.29, 0.717) is 0 Å². The van der Waals surface area contributed by atoms with Gasteiger partial charge in [0.15, 0.2) is 0 Å². The summed E-state index contributed by atoms with van der Waals surface area (Å²) in [6.07, 6.45) is -2.61. The Morgan fingerprint density at radius 3 is 2.79 bits per heavy atom. The average molecular weight is 203 g/mol. The lowest BCUT2D eigenvalue weighted by molar-refractivity contribution is -0.201. The highest BCUT2D eigenvalue weighted by Gasteiger charge is 2.31. The number of H-pyrrole nitrogens is 1. The Kier molecular flexibility index (Phi) is 1.63. The SMILES string of the molecule is O=c1ncc2ccn(C(F)(F)F)c2[nH]1. The molecule has 4 nitrogen and oxygen atoms in total. The predicted octanol–water partition coefficient (Wildman–Crippen LogP) is 1.20. The molecule has 0 unspecified atom stereocenters. The highest BCUT2D eigenvalue weighted by Crippen LogP contribution is 2.26. The van der Waals surface area contributed by atoms with Crippen LogP contribution in [0.3, 0.4) is 0 Å². The van der Waals surface area contributed by atoms with E-state index >= 15 is 0 Å². The lowest BCUT2D eigenvalue weighted by Gasteiger charge is -2.07. The fourth-order valence-electron chi connectivity index (χ4n) is 1.16. The maximum Gasteiger partial charge on any atom is 0.490 e. The van der Waals surface area contributed by atoms with Crippen LogP contribution in [0.2, 0.25) is 0 Å². The summed E-state index contributed by atoms with van der Waals surface area (Å²) >= 11 is 0. The smallest absolute Gasteiger partial charge is 0.291 e. The molecule has 0 aliphatic rings. The van der Waals surface area contributed by atoms with Crippen LogP contribution in [0.5, 0.6) is 0 Å². The van der Waals surface area contributed by atoms with Gasteiger partial charge in [-0.15, -0.1) is 13.2 Å². The summed E-state index contributed by atoms with van der Waals surface area (Å²) in [5.41, 5.74) is -1.10. The lowest BCUT2D eigenvalue weighted by Crippen LogP contribution is -2.18. The molecule has 0 aliphatic carbocycles. The van der Waals surface area contributed by atoms with Crippen LogP contribution in [0.25, 0.3) is 11.0 Å². The number of nitrogens with one attached hydrogen (secondary N) is 1. The van der Waals surface area contributed by atoms with Gasteiger partial charge in [0.25, 0.3) is 0 Å². The molecule has 0 fully saturated rings. The molecule has 0 atom stereocenters. The van der Waals surface area contributed by atoms with E-state index in [4.69, 9.17) is 0 Å². The third kappa shape index (κ3) is 1.26. The summed E-state index contributed by atoms with van der Waals surface area (Å²) < 4.78 is 36.9. The molecular weight excluding hydrogens is 199 g/mol. The molecular formula is C7H4F3N3O. The van der Waals surface area contributed by atoms with Crippen LogP contribution in [0.1, 0.15) is 0 Å². The summed E-state index contributed by atoms with van der Waals surface area (Å²) in [5, 5.41) is 0.238.